The lowest BCUT2D eigenvalue weighted by atomic mass is 9.84. The van der Waals surface area contributed by atoms with Gasteiger partial charge in [0.05, 0.1) is 0 Å². The Balaban J connectivity index is 2.28. The number of phenols is 1. The van der Waals surface area contributed by atoms with Gasteiger partial charge in [-0.15, -0.1) is 6.58 Å². The van der Waals surface area contributed by atoms with Crippen LogP contribution >= 0.6 is 0 Å². The molecular weight excluding hydrogens is 275 g/mol. The average molecular weight is 292 g/mol. The Hall–Kier alpha value is -2.61. The summed E-state index contributed by atoms with van der Waals surface area (Å²) in [5, 5.41) is 12.4. The van der Waals surface area contributed by atoms with Gasteiger partial charge >= 0.3 is 0 Å². The number of halogens is 1. The van der Waals surface area contributed by atoms with Gasteiger partial charge in [0.2, 0.25) is 0 Å². The molecule has 0 fully saturated rings. The van der Waals surface area contributed by atoms with Crippen molar-refractivity contribution in [2.45, 2.75) is 12.3 Å². The van der Waals surface area contributed by atoms with Crippen LogP contribution in [0.15, 0.2) is 73.3 Å². The second-order valence-corrected chi connectivity index (χ2v) is 5.32. The molecule has 3 aromatic rings. The zero-order chi connectivity index (χ0) is 15.5. The second-order valence-electron chi connectivity index (χ2n) is 5.32. The van der Waals surface area contributed by atoms with Crippen molar-refractivity contribution >= 4 is 10.8 Å². The van der Waals surface area contributed by atoms with Crippen molar-refractivity contribution in [2.24, 2.45) is 0 Å². The third kappa shape index (κ3) is 2.48. The zero-order valence-corrected chi connectivity index (χ0v) is 12.2. The topological polar surface area (TPSA) is 20.2 Å². The molecule has 0 saturated heterocycles. The molecule has 0 aliphatic rings. The van der Waals surface area contributed by atoms with Crippen LogP contribution in [0.4, 0.5) is 4.39 Å². The van der Waals surface area contributed by atoms with Crippen LogP contribution < -0.4 is 0 Å². The summed E-state index contributed by atoms with van der Waals surface area (Å²) >= 11 is 0. The van der Waals surface area contributed by atoms with Gasteiger partial charge in [-0.2, -0.15) is 0 Å². The first-order valence-electron chi connectivity index (χ1n) is 7.28. The maximum Gasteiger partial charge on any atom is 0.127 e. The molecule has 22 heavy (non-hydrogen) atoms. The fourth-order valence-electron chi connectivity index (χ4n) is 2.97. The van der Waals surface area contributed by atoms with Crippen LogP contribution in [0.3, 0.4) is 0 Å². The third-order valence-electron chi connectivity index (χ3n) is 3.98. The van der Waals surface area contributed by atoms with Gasteiger partial charge in [0.15, 0.2) is 0 Å². The van der Waals surface area contributed by atoms with Gasteiger partial charge in [-0.25, -0.2) is 4.39 Å². The number of benzene rings is 3. The van der Waals surface area contributed by atoms with Gasteiger partial charge in [-0.3, -0.25) is 0 Å². The van der Waals surface area contributed by atoms with Crippen LogP contribution in [0.2, 0.25) is 0 Å². The van der Waals surface area contributed by atoms with Crippen LogP contribution in [-0.2, 0) is 0 Å². The van der Waals surface area contributed by atoms with Crippen molar-refractivity contribution in [3.63, 3.8) is 0 Å². The molecule has 0 saturated carbocycles. The smallest absolute Gasteiger partial charge is 0.127 e. The summed E-state index contributed by atoms with van der Waals surface area (Å²) in [6.45, 7) is 3.79. The van der Waals surface area contributed by atoms with E-state index >= 15 is 0 Å². The molecule has 0 spiro atoms. The first kappa shape index (κ1) is 14.3. The molecule has 0 amide bonds. The summed E-state index contributed by atoms with van der Waals surface area (Å²) in [6.07, 6.45) is 2.32. The molecule has 2 heteroatoms. The lowest BCUT2D eigenvalue weighted by molar-refractivity contribution is 0.465. The largest absolute Gasteiger partial charge is 0.508 e. The standard InChI is InChI=1S/C20H17FO/c1-2-7-17(16-10-5-6-11-18(16)21)20-15-9-4-3-8-14(15)12-13-19(20)22/h2-6,8-13,17,22H,1,7H2. The van der Waals surface area contributed by atoms with Crippen LogP contribution in [0.1, 0.15) is 23.5 Å². The van der Waals surface area contributed by atoms with Gasteiger partial charge in [0.1, 0.15) is 11.6 Å². The summed E-state index contributed by atoms with van der Waals surface area (Å²) in [5.74, 6) is -0.333. The molecule has 0 aliphatic heterocycles. The fraction of sp³-hybridized carbons (Fsp3) is 0.100. The van der Waals surface area contributed by atoms with E-state index in [1.54, 1.807) is 24.3 Å². The highest BCUT2D eigenvalue weighted by Gasteiger charge is 2.21. The molecule has 0 heterocycles. The Labute approximate surface area is 129 Å². The molecule has 1 unspecified atom stereocenters. The number of aromatic hydroxyl groups is 1. The quantitative estimate of drug-likeness (QED) is 0.639. The Morgan fingerprint density at radius 2 is 1.73 bits per heavy atom. The lowest BCUT2D eigenvalue weighted by Gasteiger charge is -2.20. The molecule has 1 nitrogen and oxygen atoms in total. The molecule has 0 aromatic heterocycles. The second kappa shape index (κ2) is 6.02. The van der Waals surface area contributed by atoms with Crippen molar-refractivity contribution in [1.82, 2.24) is 0 Å². The van der Waals surface area contributed by atoms with Gasteiger partial charge in [0.25, 0.3) is 0 Å². The molecule has 0 bridgehead atoms. The molecular formula is C20H17FO. The molecule has 1 N–H and O–H groups in total. The normalized spacial score (nSPS) is 12.2. The summed E-state index contributed by atoms with van der Waals surface area (Å²) in [7, 11) is 0. The van der Waals surface area contributed by atoms with Gasteiger partial charge < -0.3 is 5.11 Å². The van der Waals surface area contributed by atoms with E-state index in [0.717, 1.165) is 16.3 Å². The third-order valence-corrected chi connectivity index (χ3v) is 3.98. The van der Waals surface area contributed by atoms with Crippen molar-refractivity contribution in [3.05, 3.63) is 90.3 Å². The van der Waals surface area contributed by atoms with Crippen LogP contribution in [-0.4, -0.2) is 5.11 Å². The molecule has 0 aliphatic carbocycles. The maximum absolute atomic E-state index is 14.3. The van der Waals surface area contributed by atoms with E-state index in [2.05, 4.69) is 6.58 Å². The van der Waals surface area contributed by atoms with E-state index in [4.69, 9.17) is 0 Å². The van der Waals surface area contributed by atoms with E-state index in [0.29, 0.717) is 12.0 Å². The molecule has 1 atom stereocenters. The highest BCUT2D eigenvalue weighted by atomic mass is 19.1. The van der Waals surface area contributed by atoms with Gasteiger partial charge in [-0.1, -0.05) is 54.6 Å². The summed E-state index contributed by atoms with van der Waals surface area (Å²) < 4.78 is 14.3. The highest BCUT2D eigenvalue weighted by Crippen LogP contribution is 2.39. The Morgan fingerprint density at radius 1 is 1.00 bits per heavy atom. The number of hydrogen-bond acceptors (Lipinski definition) is 1. The minimum absolute atomic E-state index is 0.189. The van der Waals surface area contributed by atoms with Crippen LogP contribution in [0.25, 0.3) is 10.8 Å². The van der Waals surface area contributed by atoms with Gasteiger partial charge in [0, 0.05) is 11.5 Å². The first-order chi connectivity index (χ1) is 10.7. The number of fused-ring (bicyclic) bond motifs is 1. The summed E-state index contributed by atoms with van der Waals surface area (Å²) in [6, 6.07) is 18.1. The minimum Gasteiger partial charge on any atom is -0.508 e. The number of rotatable bonds is 4. The van der Waals surface area contributed by atoms with E-state index in [1.165, 1.54) is 6.07 Å². The summed E-state index contributed by atoms with van der Waals surface area (Å²) in [4.78, 5) is 0. The molecule has 0 radical (unpaired) electrons. The van der Waals surface area contributed by atoms with Crippen LogP contribution in [0, 0.1) is 5.82 Å². The Bertz CT molecular complexity index is 823. The number of phenolic OH excluding ortho intramolecular Hbond substituents is 1. The minimum atomic E-state index is -0.262. The molecule has 3 aromatic carbocycles. The SMILES string of the molecule is C=CCC(c1ccccc1F)c1c(O)ccc2ccccc12. The van der Waals surface area contributed by atoms with Crippen molar-refractivity contribution in [1.29, 1.82) is 0 Å². The monoisotopic (exact) mass is 292 g/mol. The first-order valence-corrected chi connectivity index (χ1v) is 7.28. The fourth-order valence-corrected chi connectivity index (χ4v) is 2.97. The Kier molecular flexibility index (Phi) is 3.92. The maximum atomic E-state index is 14.3. The average Bonchev–Trinajstić information content (AvgIpc) is 2.54. The highest BCUT2D eigenvalue weighted by molar-refractivity contribution is 5.88. The Morgan fingerprint density at radius 3 is 2.50 bits per heavy atom. The predicted octanol–water partition coefficient (Wildman–Crippen LogP) is 5.39. The van der Waals surface area contributed by atoms with Gasteiger partial charge in [-0.05, 0) is 34.9 Å². The molecule has 110 valence electrons. The number of allylic oxidation sites excluding steroid dienone is 1. The van der Waals surface area contributed by atoms with Crippen molar-refractivity contribution in [2.75, 3.05) is 0 Å². The van der Waals surface area contributed by atoms with E-state index in [1.807, 2.05) is 36.4 Å². The van der Waals surface area contributed by atoms with E-state index in [-0.39, 0.29) is 17.5 Å². The lowest BCUT2D eigenvalue weighted by Crippen LogP contribution is -2.04. The zero-order valence-electron chi connectivity index (χ0n) is 12.2. The number of hydrogen-bond donors (Lipinski definition) is 1. The predicted molar refractivity (Wildman–Crippen MR) is 88.7 cm³/mol. The van der Waals surface area contributed by atoms with Crippen molar-refractivity contribution in [3.8, 4) is 5.75 Å². The van der Waals surface area contributed by atoms with E-state index < -0.39 is 0 Å². The van der Waals surface area contributed by atoms with Crippen molar-refractivity contribution < 1.29 is 9.50 Å². The van der Waals surface area contributed by atoms with Crippen LogP contribution in [0.5, 0.6) is 5.75 Å². The summed E-state index contributed by atoms with van der Waals surface area (Å²) in [5.41, 5.74) is 1.33. The molecule has 3 rings (SSSR count). The van der Waals surface area contributed by atoms with E-state index in [9.17, 15) is 9.50 Å².